The average Bonchev–Trinajstić information content (AvgIpc) is 2.84. The van der Waals surface area contributed by atoms with Crippen molar-refractivity contribution in [3.63, 3.8) is 0 Å². The van der Waals surface area contributed by atoms with E-state index >= 15 is 0 Å². The third-order valence-electron chi connectivity index (χ3n) is 3.30. The van der Waals surface area contributed by atoms with Crippen LogP contribution in [0.4, 0.5) is 19.0 Å². The van der Waals surface area contributed by atoms with Crippen molar-refractivity contribution in [2.45, 2.75) is 6.18 Å². The van der Waals surface area contributed by atoms with Gasteiger partial charge in [-0.05, 0) is 12.1 Å². The number of carbonyl (C=O) groups excluding carboxylic acids is 1. The summed E-state index contributed by atoms with van der Waals surface area (Å²) in [7, 11) is 0. The van der Waals surface area contributed by atoms with Crippen LogP contribution in [-0.2, 0) is 4.79 Å². The van der Waals surface area contributed by atoms with E-state index in [1.807, 2.05) is 6.07 Å². The fraction of sp³-hybridized carbons (Fsp3) is 0.417. The molecular weight excluding hydrogens is 273 g/mol. The second kappa shape index (κ2) is 5.00. The predicted molar refractivity (Wildman–Crippen MR) is 63.4 cm³/mol. The maximum Gasteiger partial charge on any atom is 0.394 e. The molecular formula is C12H11F3N4O. The van der Waals surface area contributed by atoms with Gasteiger partial charge in [0.2, 0.25) is 5.91 Å². The molecule has 2 N–H and O–H groups in total. The van der Waals surface area contributed by atoms with Gasteiger partial charge in [0, 0.05) is 19.3 Å². The number of carbonyl (C=O) groups is 1. The highest BCUT2D eigenvalue weighted by molar-refractivity contribution is 5.78. The van der Waals surface area contributed by atoms with Crippen LogP contribution in [0.5, 0.6) is 0 Å². The number of nitrogens with zero attached hydrogens (tertiary/aromatic N) is 3. The Morgan fingerprint density at radius 3 is 2.70 bits per heavy atom. The van der Waals surface area contributed by atoms with Crippen molar-refractivity contribution in [2.24, 2.45) is 17.6 Å². The molecule has 1 aromatic heterocycles. The van der Waals surface area contributed by atoms with E-state index in [0.717, 1.165) is 0 Å². The van der Waals surface area contributed by atoms with Crippen LogP contribution in [0.2, 0.25) is 0 Å². The summed E-state index contributed by atoms with van der Waals surface area (Å²) in [5.74, 6) is -3.86. The van der Waals surface area contributed by atoms with Gasteiger partial charge in [-0.25, -0.2) is 4.98 Å². The van der Waals surface area contributed by atoms with Crippen molar-refractivity contribution in [3.8, 4) is 6.07 Å². The van der Waals surface area contributed by atoms with Gasteiger partial charge in [0.1, 0.15) is 5.82 Å². The van der Waals surface area contributed by atoms with Crippen LogP contribution >= 0.6 is 0 Å². The van der Waals surface area contributed by atoms with Gasteiger partial charge in [-0.2, -0.15) is 18.4 Å². The number of rotatable bonds is 2. The summed E-state index contributed by atoms with van der Waals surface area (Å²) in [5.41, 5.74) is 5.34. The number of alkyl halides is 3. The molecule has 1 aliphatic rings. The number of hydrogen-bond donors (Lipinski definition) is 1. The molecule has 1 aromatic rings. The fourth-order valence-electron chi connectivity index (χ4n) is 2.27. The van der Waals surface area contributed by atoms with E-state index in [9.17, 15) is 18.0 Å². The maximum absolute atomic E-state index is 12.9. The summed E-state index contributed by atoms with van der Waals surface area (Å²) in [6, 6.07) is 4.72. The fourth-order valence-corrected chi connectivity index (χ4v) is 2.27. The van der Waals surface area contributed by atoms with Crippen molar-refractivity contribution in [2.75, 3.05) is 18.0 Å². The van der Waals surface area contributed by atoms with Crippen LogP contribution < -0.4 is 10.6 Å². The van der Waals surface area contributed by atoms with E-state index in [4.69, 9.17) is 11.0 Å². The minimum Gasteiger partial charge on any atom is -0.369 e. The van der Waals surface area contributed by atoms with Gasteiger partial charge in [0.05, 0.1) is 23.5 Å². The predicted octanol–water partition coefficient (Wildman–Crippen LogP) is 1.05. The van der Waals surface area contributed by atoms with Gasteiger partial charge in [-0.1, -0.05) is 0 Å². The zero-order chi connectivity index (χ0) is 14.9. The molecule has 20 heavy (non-hydrogen) atoms. The van der Waals surface area contributed by atoms with Crippen molar-refractivity contribution in [1.29, 1.82) is 5.26 Å². The quantitative estimate of drug-likeness (QED) is 0.880. The van der Waals surface area contributed by atoms with Gasteiger partial charge < -0.3 is 10.6 Å². The minimum atomic E-state index is -4.50. The van der Waals surface area contributed by atoms with E-state index in [1.165, 1.54) is 23.2 Å². The lowest BCUT2D eigenvalue weighted by Crippen LogP contribution is -2.37. The van der Waals surface area contributed by atoms with E-state index in [1.54, 1.807) is 0 Å². The molecule has 1 aliphatic heterocycles. The molecule has 106 valence electrons. The summed E-state index contributed by atoms with van der Waals surface area (Å²) in [4.78, 5) is 16.4. The molecule has 0 aromatic carbocycles. The zero-order valence-electron chi connectivity index (χ0n) is 10.3. The van der Waals surface area contributed by atoms with Gasteiger partial charge in [-0.15, -0.1) is 0 Å². The van der Waals surface area contributed by atoms with Gasteiger partial charge in [0.25, 0.3) is 0 Å². The lowest BCUT2D eigenvalue weighted by Gasteiger charge is -2.19. The molecule has 1 fully saturated rings. The number of anilines is 1. The lowest BCUT2D eigenvalue weighted by molar-refractivity contribution is -0.181. The Morgan fingerprint density at radius 1 is 1.50 bits per heavy atom. The van der Waals surface area contributed by atoms with Crippen LogP contribution in [0, 0.1) is 23.2 Å². The second-order valence-electron chi connectivity index (χ2n) is 4.58. The molecule has 0 spiro atoms. The van der Waals surface area contributed by atoms with Crippen molar-refractivity contribution < 1.29 is 18.0 Å². The molecule has 0 aliphatic carbocycles. The first-order chi connectivity index (χ1) is 9.32. The molecule has 5 nitrogen and oxygen atoms in total. The number of aromatic nitrogens is 1. The Balaban J connectivity index is 2.28. The molecule has 1 amide bonds. The molecule has 2 rings (SSSR count). The Hall–Kier alpha value is -2.30. The molecule has 1 saturated heterocycles. The average molecular weight is 284 g/mol. The van der Waals surface area contributed by atoms with Crippen LogP contribution in [0.3, 0.4) is 0 Å². The Morgan fingerprint density at radius 2 is 2.20 bits per heavy atom. The highest BCUT2D eigenvalue weighted by atomic mass is 19.4. The number of nitriles is 1. The first-order valence-electron chi connectivity index (χ1n) is 5.80. The number of nitrogens with two attached hydrogens (primary N) is 1. The van der Waals surface area contributed by atoms with Crippen molar-refractivity contribution in [1.82, 2.24) is 4.98 Å². The molecule has 0 unspecified atom stereocenters. The van der Waals surface area contributed by atoms with E-state index < -0.39 is 23.9 Å². The first-order valence-corrected chi connectivity index (χ1v) is 5.80. The van der Waals surface area contributed by atoms with E-state index in [2.05, 4.69) is 4.98 Å². The van der Waals surface area contributed by atoms with Crippen LogP contribution in [0.1, 0.15) is 5.56 Å². The molecule has 8 heteroatoms. The standard InChI is InChI=1S/C12H11F3N4O/c13-12(14,15)9-6-19(5-8(9)11(17)20)10-3-7(4-16)1-2-18-10/h1-3,8-9H,5-6H2,(H2,17,20)/t8-,9-/m1/s1. The Labute approximate surface area is 112 Å². The summed E-state index contributed by atoms with van der Waals surface area (Å²) in [6.07, 6.45) is -3.16. The van der Waals surface area contributed by atoms with Crippen molar-refractivity contribution >= 4 is 11.7 Å². The summed E-state index contributed by atoms with van der Waals surface area (Å²) < 4.78 is 38.7. The summed E-state index contributed by atoms with van der Waals surface area (Å²) >= 11 is 0. The molecule has 2 atom stereocenters. The van der Waals surface area contributed by atoms with E-state index in [0.29, 0.717) is 5.56 Å². The van der Waals surface area contributed by atoms with Crippen LogP contribution in [-0.4, -0.2) is 30.2 Å². The highest BCUT2D eigenvalue weighted by Gasteiger charge is 2.52. The normalized spacial score (nSPS) is 22.6. The largest absolute Gasteiger partial charge is 0.394 e. The Kier molecular flexibility index (Phi) is 3.53. The minimum absolute atomic E-state index is 0.151. The number of hydrogen-bond acceptors (Lipinski definition) is 4. The van der Waals surface area contributed by atoms with Crippen LogP contribution in [0.25, 0.3) is 0 Å². The van der Waals surface area contributed by atoms with E-state index in [-0.39, 0.29) is 18.9 Å². The molecule has 0 radical (unpaired) electrons. The third-order valence-corrected chi connectivity index (χ3v) is 3.30. The first kappa shape index (κ1) is 14.1. The van der Waals surface area contributed by atoms with Crippen molar-refractivity contribution in [3.05, 3.63) is 23.9 Å². The number of pyridine rings is 1. The van der Waals surface area contributed by atoms with Gasteiger partial charge >= 0.3 is 6.18 Å². The zero-order valence-corrected chi connectivity index (χ0v) is 10.3. The van der Waals surface area contributed by atoms with Gasteiger partial charge in [0.15, 0.2) is 0 Å². The third kappa shape index (κ3) is 2.66. The Bertz CT molecular complexity index is 567. The lowest BCUT2D eigenvalue weighted by atomic mass is 9.95. The topological polar surface area (TPSA) is 83.0 Å². The SMILES string of the molecule is N#Cc1ccnc(N2C[C@@H](C(F)(F)F)[C@H](C(N)=O)C2)c1. The summed E-state index contributed by atoms with van der Waals surface area (Å²) in [5, 5.41) is 8.78. The maximum atomic E-state index is 12.9. The molecule has 0 bridgehead atoms. The monoisotopic (exact) mass is 284 g/mol. The smallest absolute Gasteiger partial charge is 0.369 e. The second-order valence-corrected chi connectivity index (χ2v) is 4.58. The highest BCUT2D eigenvalue weighted by Crippen LogP contribution is 2.38. The van der Waals surface area contributed by atoms with Crippen LogP contribution in [0.15, 0.2) is 18.3 Å². The number of amides is 1. The molecule has 2 heterocycles. The number of halogens is 3. The number of primary amides is 1. The summed E-state index contributed by atoms with van der Waals surface area (Å²) in [6.45, 7) is -0.541. The molecule has 0 saturated carbocycles. The van der Waals surface area contributed by atoms with Gasteiger partial charge in [-0.3, -0.25) is 4.79 Å².